The quantitative estimate of drug-likeness (QED) is 0.418. The van der Waals surface area contributed by atoms with Gasteiger partial charge in [-0.05, 0) is 11.1 Å². The van der Waals surface area contributed by atoms with Gasteiger partial charge in [-0.1, -0.05) is 48.6 Å². The van der Waals surface area contributed by atoms with Crippen LogP contribution in [-0.2, 0) is 0 Å². The molecule has 3 aromatic carbocycles. The van der Waals surface area contributed by atoms with E-state index in [4.69, 9.17) is 0 Å². The molecule has 0 aromatic heterocycles. The van der Waals surface area contributed by atoms with Gasteiger partial charge in [0.05, 0.1) is 0 Å². The first kappa shape index (κ1) is 14.1. The maximum absolute atomic E-state index is 2.14. The van der Waals surface area contributed by atoms with Crippen molar-refractivity contribution in [2.24, 2.45) is 0 Å². The van der Waals surface area contributed by atoms with Crippen LogP contribution in [-0.4, -0.2) is 0 Å². The van der Waals surface area contributed by atoms with E-state index in [2.05, 4.69) is 97.8 Å². The van der Waals surface area contributed by atoms with Crippen molar-refractivity contribution in [3.05, 3.63) is 120 Å². The maximum Gasteiger partial charge on any atom is -0.0256 e. The highest BCUT2D eigenvalue weighted by Gasteiger charge is 1.86. The van der Waals surface area contributed by atoms with E-state index in [-0.39, 0.29) is 0 Å². The molecule has 0 saturated carbocycles. The summed E-state index contributed by atoms with van der Waals surface area (Å²) in [6.45, 7) is 0. The van der Waals surface area contributed by atoms with Gasteiger partial charge in [-0.25, -0.2) is 24.0 Å². The summed E-state index contributed by atoms with van der Waals surface area (Å²) in [4.78, 5) is 0. The van der Waals surface area contributed by atoms with Gasteiger partial charge >= 0.3 is 0 Å². The minimum atomic E-state index is 1.21. The summed E-state index contributed by atoms with van der Waals surface area (Å²) in [5, 5.41) is 0. The minimum absolute atomic E-state index is 1.21. The van der Waals surface area contributed by atoms with Crippen molar-refractivity contribution in [2.45, 2.75) is 0 Å². The summed E-state index contributed by atoms with van der Waals surface area (Å²) < 4.78 is 0. The predicted octanol–water partition coefficient (Wildman–Crippen LogP) is 5.66. The van der Waals surface area contributed by atoms with Gasteiger partial charge in [-0.2, -0.15) is 24.3 Å². The third-order valence-electron chi connectivity index (χ3n) is 3.47. The van der Waals surface area contributed by atoms with E-state index in [1.165, 1.54) is 22.3 Å². The summed E-state index contributed by atoms with van der Waals surface area (Å²) in [5.41, 5.74) is 4.85. The topological polar surface area (TPSA) is 0 Å². The average molecular weight is 282 g/mol. The molecule has 0 atom stereocenters. The number of benzene rings is 3. The molecular formula is C22H18-2. The van der Waals surface area contributed by atoms with Gasteiger partial charge < -0.3 is 0 Å². The van der Waals surface area contributed by atoms with Crippen LogP contribution in [0.4, 0.5) is 0 Å². The van der Waals surface area contributed by atoms with Crippen molar-refractivity contribution in [2.75, 3.05) is 0 Å². The minimum Gasteiger partial charge on any atom is -0.219 e. The SMILES string of the molecule is C(=C\c1ccc([CH-][CH-]c2ccccc2)cc1)/c1ccccc1. The van der Waals surface area contributed by atoms with E-state index in [9.17, 15) is 0 Å². The van der Waals surface area contributed by atoms with Crippen LogP contribution in [0.3, 0.4) is 0 Å². The van der Waals surface area contributed by atoms with Crippen molar-refractivity contribution < 1.29 is 0 Å². The Morgan fingerprint density at radius 3 is 1.50 bits per heavy atom. The molecule has 0 unspecified atom stereocenters. The molecule has 108 valence electrons. The molecule has 0 nitrogen and oxygen atoms in total. The zero-order valence-corrected chi connectivity index (χ0v) is 12.4. The molecule has 0 spiro atoms. The van der Waals surface area contributed by atoms with E-state index < -0.39 is 0 Å². The summed E-state index contributed by atoms with van der Waals surface area (Å²) in [5.74, 6) is 0. The highest BCUT2D eigenvalue weighted by atomic mass is 14.0. The van der Waals surface area contributed by atoms with Crippen molar-refractivity contribution in [3.8, 4) is 0 Å². The third kappa shape index (κ3) is 4.07. The molecule has 0 aliphatic heterocycles. The molecular weight excluding hydrogens is 264 g/mol. The summed E-state index contributed by atoms with van der Waals surface area (Å²) in [6, 6.07) is 29.3. The molecule has 3 rings (SSSR count). The first-order valence-electron chi connectivity index (χ1n) is 7.46. The average Bonchev–Trinajstić information content (AvgIpc) is 2.61. The zero-order chi connectivity index (χ0) is 15.0. The van der Waals surface area contributed by atoms with Gasteiger partial charge in [0.2, 0.25) is 0 Å². The summed E-state index contributed by atoms with van der Waals surface area (Å²) >= 11 is 0. The Balaban J connectivity index is 1.59. The second-order valence-corrected chi connectivity index (χ2v) is 5.15. The van der Waals surface area contributed by atoms with Crippen LogP contribution in [0.2, 0.25) is 0 Å². The lowest BCUT2D eigenvalue weighted by Gasteiger charge is -2.16. The fraction of sp³-hybridized carbons (Fsp3) is 0. The van der Waals surface area contributed by atoms with Crippen LogP contribution in [0.25, 0.3) is 12.2 Å². The normalized spacial score (nSPS) is 10.5. The zero-order valence-electron chi connectivity index (χ0n) is 12.4. The van der Waals surface area contributed by atoms with E-state index in [1.807, 2.05) is 12.1 Å². The lowest BCUT2D eigenvalue weighted by molar-refractivity contribution is 1.39. The van der Waals surface area contributed by atoms with Crippen LogP contribution in [0.5, 0.6) is 0 Å². The first-order chi connectivity index (χ1) is 10.9. The van der Waals surface area contributed by atoms with Gasteiger partial charge in [-0.15, -0.1) is 24.3 Å². The number of rotatable bonds is 5. The van der Waals surface area contributed by atoms with Crippen molar-refractivity contribution >= 4 is 12.2 Å². The summed E-state index contributed by atoms with van der Waals surface area (Å²) in [7, 11) is 0. The Morgan fingerprint density at radius 2 is 0.909 bits per heavy atom. The highest BCUT2D eigenvalue weighted by Crippen LogP contribution is 2.14. The molecule has 0 saturated heterocycles. The lowest BCUT2D eigenvalue weighted by Crippen LogP contribution is -1.85. The molecule has 0 fully saturated rings. The fourth-order valence-electron chi connectivity index (χ4n) is 2.23. The Labute approximate surface area is 132 Å². The standard InChI is InChI=1S/C22H18/c1-3-7-19(8-4-1)11-13-21-15-17-22(18-16-21)14-12-20-9-5-2-6-10-20/h1-18H/q-2/b13-11+. The molecule has 0 aliphatic carbocycles. The molecule has 0 aliphatic rings. The Kier molecular flexibility index (Phi) is 4.63. The fourth-order valence-corrected chi connectivity index (χ4v) is 2.23. The molecule has 0 radical (unpaired) electrons. The van der Waals surface area contributed by atoms with E-state index >= 15 is 0 Å². The molecule has 0 heteroatoms. The van der Waals surface area contributed by atoms with Gasteiger partial charge in [0.15, 0.2) is 0 Å². The molecule has 0 bridgehead atoms. The summed E-state index contributed by atoms with van der Waals surface area (Å²) in [6.07, 6.45) is 8.55. The van der Waals surface area contributed by atoms with Crippen molar-refractivity contribution in [1.29, 1.82) is 0 Å². The van der Waals surface area contributed by atoms with Gasteiger partial charge in [0, 0.05) is 0 Å². The smallest absolute Gasteiger partial charge is 0.0256 e. The van der Waals surface area contributed by atoms with Crippen molar-refractivity contribution in [1.82, 2.24) is 0 Å². The Morgan fingerprint density at radius 1 is 0.455 bits per heavy atom. The number of hydrogen-bond donors (Lipinski definition) is 0. The predicted molar refractivity (Wildman–Crippen MR) is 95.1 cm³/mol. The van der Waals surface area contributed by atoms with Crippen LogP contribution in [0.1, 0.15) is 22.3 Å². The lowest BCUT2D eigenvalue weighted by atomic mass is 10.0. The molecule has 3 aromatic rings. The highest BCUT2D eigenvalue weighted by molar-refractivity contribution is 5.69. The van der Waals surface area contributed by atoms with Gasteiger partial charge in [0.1, 0.15) is 0 Å². The van der Waals surface area contributed by atoms with E-state index in [0.29, 0.717) is 0 Å². The van der Waals surface area contributed by atoms with E-state index in [0.717, 1.165) is 0 Å². The largest absolute Gasteiger partial charge is 0.219 e. The van der Waals surface area contributed by atoms with Crippen LogP contribution < -0.4 is 0 Å². The molecule has 0 N–H and O–H groups in total. The second kappa shape index (κ2) is 7.24. The third-order valence-corrected chi connectivity index (χ3v) is 3.47. The van der Waals surface area contributed by atoms with E-state index in [1.54, 1.807) is 0 Å². The molecule has 0 heterocycles. The molecule has 22 heavy (non-hydrogen) atoms. The van der Waals surface area contributed by atoms with Gasteiger partial charge in [-0.3, -0.25) is 0 Å². The number of hydrogen-bond acceptors (Lipinski definition) is 0. The van der Waals surface area contributed by atoms with Crippen LogP contribution in [0, 0.1) is 12.8 Å². The maximum atomic E-state index is 2.14. The molecule has 0 amide bonds. The Bertz CT molecular complexity index is 707. The Hall–Kier alpha value is -2.86. The van der Waals surface area contributed by atoms with Crippen molar-refractivity contribution in [3.63, 3.8) is 0 Å². The van der Waals surface area contributed by atoms with Crippen LogP contribution >= 0.6 is 0 Å². The van der Waals surface area contributed by atoms with Gasteiger partial charge in [0.25, 0.3) is 0 Å². The monoisotopic (exact) mass is 282 g/mol. The second-order valence-electron chi connectivity index (χ2n) is 5.15. The van der Waals surface area contributed by atoms with Crippen LogP contribution in [0.15, 0.2) is 84.9 Å². The first-order valence-corrected chi connectivity index (χ1v) is 7.46.